The van der Waals surface area contributed by atoms with Gasteiger partial charge in [-0.25, -0.2) is 13.4 Å². The van der Waals surface area contributed by atoms with Crippen molar-refractivity contribution in [2.24, 2.45) is 5.92 Å². The Hall–Kier alpha value is -2.54. The molecule has 6 nitrogen and oxygen atoms in total. The van der Waals surface area contributed by atoms with Gasteiger partial charge in [0.05, 0.1) is 36.3 Å². The minimum Gasteiger partial charge on any atom is -0.494 e. The van der Waals surface area contributed by atoms with Crippen LogP contribution in [0.5, 0.6) is 5.75 Å². The Morgan fingerprint density at radius 1 is 1.36 bits per heavy atom. The summed E-state index contributed by atoms with van der Waals surface area (Å²) in [5, 5.41) is 0. The highest BCUT2D eigenvalue weighted by Crippen LogP contribution is 2.27. The van der Waals surface area contributed by atoms with Gasteiger partial charge in [0.1, 0.15) is 5.75 Å². The van der Waals surface area contributed by atoms with Gasteiger partial charge in [-0.2, -0.15) is 0 Å². The second kappa shape index (κ2) is 7.14. The molecule has 7 heteroatoms. The van der Waals surface area contributed by atoms with Gasteiger partial charge in [0.25, 0.3) is 0 Å². The first-order chi connectivity index (χ1) is 12.0. The molecule has 1 N–H and O–H groups in total. The lowest BCUT2D eigenvalue weighted by Gasteiger charge is -2.16. The van der Waals surface area contributed by atoms with E-state index in [4.69, 9.17) is 4.74 Å². The Kier molecular flexibility index (Phi) is 4.94. The molecule has 0 saturated heterocycles. The molecule has 2 aromatic rings. The van der Waals surface area contributed by atoms with Crippen LogP contribution in [0.15, 0.2) is 55.0 Å². The largest absolute Gasteiger partial charge is 0.494 e. The van der Waals surface area contributed by atoms with E-state index in [0.29, 0.717) is 11.4 Å². The summed E-state index contributed by atoms with van der Waals surface area (Å²) < 4.78 is 34.7. The molecule has 1 unspecified atom stereocenters. The molecule has 132 valence electrons. The molecular formula is C18H21N3O3S. The molecule has 0 spiro atoms. The minimum absolute atomic E-state index is 0.00223. The summed E-state index contributed by atoms with van der Waals surface area (Å²) in [4.78, 5) is 4.20. The van der Waals surface area contributed by atoms with Gasteiger partial charge in [0.15, 0.2) is 0 Å². The number of sulfonamides is 1. The van der Waals surface area contributed by atoms with Gasteiger partial charge >= 0.3 is 0 Å². The van der Waals surface area contributed by atoms with Crippen LogP contribution in [0.3, 0.4) is 0 Å². The minimum atomic E-state index is -3.44. The fraction of sp³-hybridized carbons (Fsp3) is 0.278. The Balaban J connectivity index is 1.78. The van der Waals surface area contributed by atoms with Crippen LogP contribution in [0.4, 0.5) is 5.69 Å². The Bertz CT molecular complexity index is 913. The first-order valence-electron chi connectivity index (χ1n) is 8.00. The average Bonchev–Trinajstić information content (AvgIpc) is 3.01. The van der Waals surface area contributed by atoms with Crippen molar-refractivity contribution in [1.29, 1.82) is 0 Å². The van der Waals surface area contributed by atoms with Gasteiger partial charge in [-0.15, -0.1) is 0 Å². The molecule has 1 atom stereocenters. The zero-order valence-corrected chi connectivity index (χ0v) is 15.0. The summed E-state index contributed by atoms with van der Waals surface area (Å²) in [5.74, 6) is 0.620. The smallest absolute Gasteiger partial charge is 0.233 e. The van der Waals surface area contributed by atoms with E-state index in [0.717, 1.165) is 17.8 Å². The summed E-state index contributed by atoms with van der Waals surface area (Å²) in [6.45, 7) is 1.90. The van der Waals surface area contributed by atoms with Crippen molar-refractivity contribution in [1.82, 2.24) is 9.55 Å². The van der Waals surface area contributed by atoms with Crippen molar-refractivity contribution in [2.45, 2.75) is 13.3 Å². The SMILES string of the molecule is COc1cc(NS(=O)(=O)CC2C=CC=CC2)ccc1-n1cnc(C)c1. The van der Waals surface area contributed by atoms with Crippen LogP contribution in [0.2, 0.25) is 0 Å². The number of hydrogen-bond donors (Lipinski definition) is 1. The molecule has 0 amide bonds. The molecule has 0 aliphatic heterocycles. The molecule has 1 aromatic carbocycles. The van der Waals surface area contributed by atoms with Crippen LogP contribution in [0.1, 0.15) is 12.1 Å². The third-order valence-corrected chi connectivity index (χ3v) is 5.36. The lowest BCUT2D eigenvalue weighted by molar-refractivity contribution is 0.413. The molecule has 25 heavy (non-hydrogen) atoms. The first kappa shape index (κ1) is 17.3. The number of imidazole rings is 1. The fourth-order valence-corrected chi connectivity index (χ4v) is 4.15. The van der Waals surface area contributed by atoms with Crippen molar-refractivity contribution in [3.05, 3.63) is 60.7 Å². The predicted molar refractivity (Wildman–Crippen MR) is 98.6 cm³/mol. The molecule has 1 heterocycles. The zero-order valence-electron chi connectivity index (χ0n) is 14.2. The van der Waals surface area contributed by atoms with Crippen LogP contribution in [0, 0.1) is 12.8 Å². The van der Waals surface area contributed by atoms with E-state index in [1.54, 1.807) is 31.6 Å². The third-order valence-electron chi connectivity index (χ3n) is 3.95. The topological polar surface area (TPSA) is 73.2 Å². The highest BCUT2D eigenvalue weighted by molar-refractivity contribution is 7.92. The summed E-state index contributed by atoms with van der Waals surface area (Å²) in [6, 6.07) is 5.21. The number of aromatic nitrogens is 2. The number of anilines is 1. The van der Waals surface area contributed by atoms with E-state index in [1.807, 2.05) is 42.0 Å². The van der Waals surface area contributed by atoms with Crippen molar-refractivity contribution in [3.63, 3.8) is 0 Å². The normalized spacial score (nSPS) is 16.8. The molecular weight excluding hydrogens is 338 g/mol. The van der Waals surface area contributed by atoms with E-state index in [2.05, 4.69) is 9.71 Å². The zero-order chi connectivity index (χ0) is 17.9. The van der Waals surface area contributed by atoms with Gasteiger partial charge in [-0.3, -0.25) is 4.72 Å². The maximum atomic E-state index is 12.4. The standard InChI is InChI=1S/C18H21N3O3S/c1-14-11-21(13-19-14)17-9-8-16(10-18(17)24-2)20-25(22,23)12-15-6-4-3-5-7-15/h3-6,8-11,13,15,20H,7,12H2,1-2H3. The molecule has 1 aliphatic rings. The summed E-state index contributed by atoms with van der Waals surface area (Å²) in [6.07, 6.45) is 12.0. The van der Waals surface area contributed by atoms with E-state index < -0.39 is 10.0 Å². The lowest BCUT2D eigenvalue weighted by Crippen LogP contribution is -2.22. The van der Waals surface area contributed by atoms with Crippen LogP contribution in [0.25, 0.3) is 5.69 Å². The Labute approximate surface area is 147 Å². The predicted octanol–water partition coefficient (Wildman–Crippen LogP) is 3.06. The average molecular weight is 359 g/mol. The van der Waals surface area contributed by atoms with Gasteiger partial charge in [-0.1, -0.05) is 24.3 Å². The van der Waals surface area contributed by atoms with Gasteiger partial charge in [0, 0.05) is 12.3 Å². The van der Waals surface area contributed by atoms with Crippen molar-refractivity contribution in [3.8, 4) is 11.4 Å². The monoisotopic (exact) mass is 359 g/mol. The number of nitrogens with one attached hydrogen (secondary N) is 1. The molecule has 1 aliphatic carbocycles. The van der Waals surface area contributed by atoms with Crippen molar-refractivity contribution < 1.29 is 13.2 Å². The second-order valence-corrected chi connectivity index (χ2v) is 7.77. The lowest BCUT2D eigenvalue weighted by atomic mass is 10.0. The summed E-state index contributed by atoms with van der Waals surface area (Å²) in [5.41, 5.74) is 2.17. The number of ether oxygens (including phenoxy) is 1. The summed E-state index contributed by atoms with van der Waals surface area (Å²) >= 11 is 0. The number of benzene rings is 1. The van der Waals surface area contributed by atoms with Crippen LogP contribution >= 0.6 is 0 Å². The first-order valence-corrected chi connectivity index (χ1v) is 9.65. The fourth-order valence-electron chi connectivity index (χ4n) is 2.77. The molecule has 0 radical (unpaired) electrons. The van der Waals surface area contributed by atoms with Gasteiger partial charge in [-0.05, 0) is 31.4 Å². The maximum Gasteiger partial charge on any atom is 0.233 e. The maximum absolute atomic E-state index is 12.4. The van der Waals surface area contributed by atoms with E-state index in [-0.39, 0.29) is 11.7 Å². The van der Waals surface area contributed by atoms with Crippen LogP contribution in [-0.2, 0) is 10.0 Å². The van der Waals surface area contributed by atoms with E-state index in [1.165, 1.54) is 0 Å². The highest BCUT2D eigenvalue weighted by Gasteiger charge is 2.18. The van der Waals surface area contributed by atoms with Crippen molar-refractivity contribution >= 4 is 15.7 Å². The van der Waals surface area contributed by atoms with Crippen LogP contribution < -0.4 is 9.46 Å². The number of hydrogen-bond acceptors (Lipinski definition) is 4. The molecule has 0 bridgehead atoms. The Morgan fingerprint density at radius 3 is 2.84 bits per heavy atom. The second-order valence-electron chi connectivity index (χ2n) is 6.00. The van der Waals surface area contributed by atoms with Gasteiger partial charge in [0.2, 0.25) is 10.0 Å². The Morgan fingerprint density at radius 2 is 2.20 bits per heavy atom. The number of allylic oxidation sites excluding steroid dienone is 4. The number of methoxy groups -OCH3 is 1. The van der Waals surface area contributed by atoms with E-state index in [9.17, 15) is 8.42 Å². The third kappa shape index (κ3) is 4.30. The number of nitrogens with zero attached hydrogens (tertiary/aromatic N) is 2. The number of aryl methyl sites for hydroxylation is 1. The molecule has 0 saturated carbocycles. The quantitative estimate of drug-likeness (QED) is 0.860. The molecule has 1 aromatic heterocycles. The van der Waals surface area contributed by atoms with Crippen LogP contribution in [-0.4, -0.2) is 30.8 Å². The highest BCUT2D eigenvalue weighted by atomic mass is 32.2. The number of rotatable bonds is 6. The van der Waals surface area contributed by atoms with E-state index >= 15 is 0 Å². The van der Waals surface area contributed by atoms with Gasteiger partial charge < -0.3 is 9.30 Å². The molecule has 3 rings (SSSR count). The van der Waals surface area contributed by atoms with Crippen molar-refractivity contribution in [2.75, 3.05) is 17.6 Å². The summed E-state index contributed by atoms with van der Waals surface area (Å²) in [7, 11) is -1.89. The molecule has 0 fully saturated rings.